The molecule has 3 nitrogen and oxygen atoms in total. The number of aromatic nitrogens is 1. The van der Waals surface area contributed by atoms with Crippen molar-refractivity contribution in [2.24, 2.45) is 5.73 Å². The van der Waals surface area contributed by atoms with Gasteiger partial charge in [-0.1, -0.05) is 12.1 Å². The summed E-state index contributed by atoms with van der Waals surface area (Å²) in [6.07, 6.45) is 3.65. The van der Waals surface area contributed by atoms with E-state index >= 15 is 0 Å². The Kier molecular flexibility index (Phi) is 3.40. The Labute approximate surface area is 117 Å². The number of ether oxygens (including phenoxy) is 1. The van der Waals surface area contributed by atoms with E-state index in [4.69, 9.17) is 10.5 Å². The third kappa shape index (κ3) is 2.16. The Morgan fingerprint density at radius 3 is 3.00 bits per heavy atom. The van der Waals surface area contributed by atoms with Crippen LogP contribution in [0.2, 0.25) is 0 Å². The molecule has 0 spiro atoms. The lowest BCUT2D eigenvalue weighted by Crippen LogP contribution is -2.20. The topological polar surface area (TPSA) is 48.1 Å². The molecular weight excluding hydrogens is 255 g/mol. The minimum Gasteiger partial charge on any atom is -0.497 e. The smallest absolute Gasteiger partial charge is 0.131 e. The SMILES string of the molecule is COc1ccc(C(N)C2CCc3cccnc32)c(F)c1. The summed E-state index contributed by atoms with van der Waals surface area (Å²) in [4.78, 5) is 4.42. The first-order chi connectivity index (χ1) is 9.70. The van der Waals surface area contributed by atoms with Crippen LogP contribution in [-0.4, -0.2) is 12.1 Å². The molecule has 0 aliphatic heterocycles. The summed E-state index contributed by atoms with van der Waals surface area (Å²) < 4.78 is 19.2. The average Bonchev–Trinajstić information content (AvgIpc) is 2.90. The standard InChI is InChI=1S/C16H17FN2O/c1-20-11-5-7-12(14(17)9-11)15(18)13-6-4-10-3-2-8-19-16(10)13/h2-3,5,7-9,13,15H,4,6,18H2,1H3. The molecule has 0 radical (unpaired) electrons. The van der Waals surface area contributed by atoms with Gasteiger partial charge in [-0.15, -0.1) is 0 Å². The van der Waals surface area contributed by atoms with Crippen molar-refractivity contribution >= 4 is 0 Å². The minimum absolute atomic E-state index is 0.0779. The number of halogens is 1. The predicted molar refractivity (Wildman–Crippen MR) is 75.2 cm³/mol. The number of pyridine rings is 1. The summed E-state index contributed by atoms with van der Waals surface area (Å²) in [5.74, 6) is 0.263. The van der Waals surface area contributed by atoms with Crippen molar-refractivity contribution in [2.75, 3.05) is 7.11 Å². The molecule has 1 heterocycles. The first-order valence-electron chi connectivity index (χ1n) is 6.73. The van der Waals surface area contributed by atoms with Gasteiger partial charge in [-0.25, -0.2) is 4.39 Å². The molecule has 0 saturated heterocycles. The third-order valence-electron chi connectivity index (χ3n) is 4.00. The molecule has 0 amide bonds. The van der Waals surface area contributed by atoms with Crippen molar-refractivity contribution in [3.63, 3.8) is 0 Å². The van der Waals surface area contributed by atoms with Crippen LogP contribution in [0.25, 0.3) is 0 Å². The molecule has 104 valence electrons. The van der Waals surface area contributed by atoms with Gasteiger partial charge in [0.15, 0.2) is 0 Å². The maximum absolute atomic E-state index is 14.1. The summed E-state index contributed by atoms with van der Waals surface area (Å²) in [7, 11) is 1.52. The van der Waals surface area contributed by atoms with E-state index in [9.17, 15) is 4.39 Å². The largest absolute Gasteiger partial charge is 0.497 e. The molecule has 2 aromatic rings. The Hall–Kier alpha value is -1.94. The van der Waals surface area contributed by atoms with Crippen LogP contribution >= 0.6 is 0 Å². The normalized spacial score (nSPS) is 18.6. The van der Waals surface area contributed by atoms with Gasteiger partial charge in [0.05, 0.1) is 7.11 Å². The first kappa shape index (κ1) is 13.1. The summed E-state index contributed by atoms with van der Waals surface area (Å²) in [5.41, 5.74) is 9.04. The second-order valence-corrected chi connectivity index (χ2v) is 5.11. The highest BCUT2D eigenvalue weighted by Crippen LogP contribution is 2.40. The molecule has 1 aliphatic rings. The lowest BCUT2D eigenvalue weighted by molar-refractivity contribution is 0.409. The van der Waals surface area contributed by atoms with Gasteiger partial charge in [-0.2, -0.15) is 0 Å². The van der Waals surface area contributed by atoms with Gasteiger partial charge in [0.1, 0.15) is 11.6 Å². The van der Waals surface area contributed by atoms with Gasteiger partial charge in [0.25, 0.3) is 0 Å². The molecule has 20 heavy (non-hydrogen) atoms. The molecule has 1 aromatic heterocycles. The summed E-state index contributed by atoms with van der Waals surface area (Å²) in [6.45, 7) is 0. The molecule has 1 aromatic carbocycles. The Balaban J connectivity index is 1.92. The number of rotatable bonds is 3. The number of aryl methyl sites for hydroxylation is 1. The summed E-state index contributed by atoms with van der Waals surface area (Å²) >= 11 is 0. The monoisotopic (exact) mass is 272 g/mol. The van der Waals surface area contributed by atoms with Crippen LogP contribution in [0.3, 0.4) is 0 Å². The van der Waals surface area contributed by atoms with Crippen molar-refractivity contribution in [3.8, 4) is 5.75 Å². The van der Waals surface area contributed by atoms with Gasteiger partial charge in [-0.05, 0) is 30.5 Å². The predicted octanol–water partition coefficient (Wildman–Crippen LogP) is 2.96. The molecular formula is C16H17FN2O. The van der Waals surface area contributed by atoms with Gasteiger partial charge in [-0.3, -0.25) is 4.98 Å². The number of benzene rings is 1. The highest BCUT2D eigenvalue weighted by Gasteiger charge is 2.31. The molecule has 2 unspecified atom stereocenters. The molecule has 4 heteroatoms. The molecule has 0 saturated carbocycles. The maximum atomic E-state index is 14.1. The van der Waals surface area contributed by atoms with Crippen LogP contribution in [0.5, 0.6) is 5.75 Å². The molecule has 2 atom stereocenters. The number of nitrogens with two attached hydrogens (primary N) is 1. The fraction of sp³-hybridized carbons (Fsp3) is 0.312. The van der Waals surface area contributed by atoms with Gasteiger partial charge in [0, 0.05) is 35.5 Å². The van der Waals surface area contributed by atoms with Crippen LogP contribution in [0.4, 0.5) is 4.39 Å². The van der Waals surface area contributed by atoms with Crippen LogP contribution in [0, 0.1) is 5.82 Å². The van der Waals surface area contributed by atoms with Crippen LogP contribution in [-0.2, 0) is 6.42 Å². The zero-order valence-corrected chi connectivity index (χ0v) is 11.3. The molecule has 0 fully saturated rings. The van der Waals surface area contributed by atoms with E-state index in [0.717, 1.165) is 18.5 Å². The van der Waals surface area contributed by atoms with E-state index in [0.29, 0.717) is 11.3 Å². The van der Waals surface area contributed by atoms with E-state index in [-0.39, 0.29) is 17.8 Å². The second-order valence-electron chi connectivity index (χ2n) is 5.11. The van der Waals surface area contributed by atoms with Gasteiger partial charge >= 0.3 is 0 Å². The van der Waals surface area contributed by atoms with E-state index in [2.05, 4.69) is 11.1 Å². The highest BCUT2D eigenvalue weighted by molar-refractivity contribution is 5.36. The van der Waals surface area contributed by atoms with Crippen molar-refractivity contribution < 1.29 is 9.13 Å². The fourth-order valence-electron chi connectivity index (χ4n) is 2.92. The highest BCUT2D eigenvalue weighted by atomic mass is 19.1. The number of nitrogens with zero attached hydrogens (tertiary/aromatic N) is 1. The molecule has 1 aliphatic carbocycles. The van der Waals surface area contributed by atoms with Crippen molar-refractivity contribution in [3.05, 3.63) is 59.2 Å². The van der Waals surface area contributed by atoms with Gasteiger partial charge in [0.2, 0.25) is 0 Å². The lowest BCUT2D eigenvalue weighted by Gasteiger charge is -2.20. The van der Waals surface area contributed by atoms with E-state index < -0.39 is 0 Å². The van der Waals surface area contributed by atoms with Crippen LogP contribution in [0.15, 0.2) is 36.5 Å². The second kappa shape index (κ2) is 5.21. The van der Waals surface area contributed by atoms with E-state index in [1.54, 1.807) is 18.3 Å². The molecule has 3 rings (SSSR count). The minimum atomic E-state index is -0.378. The zero-order chi connectivity index (χ0) is 14.1. The van der Waals surface area contributed by atoms with Crippen LogP contribution < -0.4 is 10.5 Å². The molecule has 0 bridgehead atoms. The van der Waals surface area contributed by atoms with Crippen molar-refractivity contribution in [1.82, 2.24) is 4.98 Å². The van der Waals surface area contributed by atoms with Gasteiger partial charge < -0.3 is 10.5 Å². The van der Waals surface area contributed by atoms with E-state index in [1.807, 2.05) is 6.07 Å². The Morgan fingerprint density at radius 1 is 1.40 bits per heavy atom. The number of hydrogen-bond donors (Lipinski definition) is 1. The van der Waals surface area contributed by atoms with E-state index in [1.165, 1.54) is 18.7 Å². The Morgan fingerprint density at radius 2 is 2.25 bits per heavy atom. The van der Waals surface area contributed by atoms with Crippen LogP contribution in [0.1, 0.15) is 35.2 Å². The number of hydrogen-bond acceptors (Lipinski definition) is 3. The van der Waals surface area contributed by atoms with Crippen molar-refractivity contribution in [2.45, 2.75) is 24.8 Å². The van der Waals surface area contributed by atoms with Crippen molar-refractivity contribution in [1.29, 1.82) is 0 Å². The number of methoxy groups -OCH3 is 1. The summed E-state index contributed by atoms with van der Waals surface area (Å²) in [5, 5.41) is 0. The maximum Gasteiger partial charge on any atom is 0.131 e. The Bertz CT molecular complexity index is 630. The number of fused-ring (bicyclic) bond motifs is 1. The quantitative estimate of drug-likeness (QED) is 0.934. The fourth-order valence-corrected chi connectivity index (χ4v) is 2.92. The average molecular weight is 272 g/mol. The summed E-state index contributed by atoms with van der Waals surface area (Å²) in [6, 6.07) is 8.45. The zero-order valence-electron chi connectivity index (χ0n) is 11.3. The first-order valence-corrected chi connectivity index (χ1v) is 6.73. The lowest BCUT2D eigenvalue weighted by atomic mass is 9.91. The third-order valence-corrected chi connectivity index (χ3v) is 4.00. The molecule has 2 N–H and O–H groups in total.